The Kier molecular flexibility index (Phi) is 14.0. The van der Waals surface area contributed by atoms with Crippen molar-refractivity contribution >= 4 is 41.0 Å². The van der Waals surface area contributed by atoms with Gasteiger partial charge in [-0.1, -0.05) is 13.2 Å². The molecule has 1 heterocycles. The molecule has 1 rings (SSSR count). The van der Waals surface area contributed by atoms with Crippen molar-refractivity contribution in [3.63, 3.8) is 0 Å². The summed E-state index contributed by atoms with van der Waals surface area (Å²) in [7, 11) is 0. The van der Waals surface area contributed by atoms with Crippen LogP contribution in [0.25, 0.3) is 0 Å². The summed E-state index contributed by atoms with van der Waals surface area (Å²) in [6.07, 6.45) is 0. The zero-order valence-electron chi connectivity index (χ0n) is 12.4. The van der Waals surface area contributed by atoms with Crippen molar-refractivity contribution in [1.82, 2.24) is 9.97 Å². The fourth-order valence-electron chi connectivity index (χ4n) is 0.584. The monoisotopic (exact) mass is 354 g/mol. The summed E-state index contributed by atoms with van der Waals surface area (Å²) in [4.78, 5) is 54.1. The quantitative estimate of drug-likeness (QED) is 0.343. The topological polar surface area (TPSA) is 178 Å². The molecule has 11 heteroatoms. The van der Waals surface area contributed by atoms with Gasteiger partial charge in [0.25, 0.3) is 5.56 Å². The number of carboxylic acid groups (broad SMARTS) is 3. The number of nitrogens with one attached hydrogen (secondary N) is 2. The lowest BCUT2D eigenvalue weighted by Crippen LogP contribution is -2.24. The fourth-order valence-corrected chi connectivity index (χ4v) is 0.584. The molecule has 10 nitrogen and oxygen atoms in total. The van der Waals surface area contributed by atoms with Crippen LogP contribution in [0.15, 0.2) is 40.0 Å². The molecule has 0 spiro atoms. The number of hydrogen-bond acceptors (Lipinski definition) is 5. The van der Waals surface area contributed by atoms with Gasteiger partial charge in [-0.3, -0.25) is 9.78 Å². The van der Waals surface area contributed by atoms with Gasteiger partial charge in [0.2, 0.25) is 0 Å². The van der Waals surface area contributed by atoms with E-state index >= 15 is 0 Å². The number of aliphatic carboxylic acids is 2. The lowest BCUT2D eigenvalue weighted by Gasteiger charge is -1.89. The first kappa shape index (κ1) is 26.2. The average molecular weight is 355 g/mol. The van der Waals surface area contributed by atoms with Crippen LogP contribution in [0.1, 0.15) is 24.3 Å². The highest BCUT2D eigenvalue weighted by Gasteiger charge is 2.03. The first-order valence-corrected chi connectivity index (χ1v) is 5.73. The Hall–Kier alpha value is -2.66. The summed E-state index contributed by atoms with van der Waals surface area (Å²) in [5.74, 6) is -3.21. The number of rotatable bonds is 3. The molecule has 0 saturated heterocycles. The highest BCUT2D eigenvalue weighted by atomic mass is 24.3. The molecule has 5 N–H and O–H groups in total. The second-order valence-corrected chi connectivity index (χ2v) is 3.98. The first-order chi connectivity index (χ1) is 10.4. The molecule has 0 aromatic carbocycles. The lowest BCUT2D eigenvalue weighted by atomic mass is 10.4. The van der Waals surface area contributed by atoms with Crippen LogP contribution in [-0.2, 0) is 9.59 Å². The lowest BCUT2D eigenvalue weighted by molar-refractivity contribution is -0.133. The Labute approximate surface area is 151 Å². The van der Waals surface area contributed by atoms with Crippen molar-refractivity contribution in [3.05, 3.63) is 56.9 Å². The number of H-pyrrole nitrogens is 2. The van der Waals surface area contributed by atoms with E-state index < -0.39 is 34.9 Å². The van der Waals surface area contributed by atoms with E-state index in [1.54, 1.807) is 0 Å². The van der Waals surface area contributed by atoms with E-state index in [-0.39, 0.29) is 34.2 Å². The van der Waals surface area contributed by atoms with E-state index in [9.17, 15) is 24.0 Å². The molecule has 1 aromatic heterocycles. The molecule has 0 radical (unpaired) electrons. The molecule has 0 saturated carbocycles. The van der Waals surface area contributed by atoms with Gasteiger partial charge >= 0.3 is 46.7 Å². The number of aromatic carboxylic acids is 1. The largest absolute Gasteiger partial charge is 0.478 e. The molecule has 0 bridgehead atoms. The van der Waals surface area contributed by atoms with Gasteiger partial charge in [0.15, 0.2) is 0 Å². The third-order valence-corrected chi connectivity index (χ3v) is 1.72. The molecule has 0 fully saturated rings. The number of carboxylic acids is 3. The smallest absolute Gasteiger partial charge is 0.352 e. The van der Waals surface area contributed by atoms with Crippen LogP contribution in [0.2, 0.25) is 0 Å². The molecule has 130 valence electrons. The van der Waals surface area contributed by atoms with E-state index in [4.69, 9.17) is 15.3 Å². The second kappa shape index (κ2) is 12.8. The SMILES string of the molecule is C=C(C)C(=O)O.C=C(C)C(=O)O.O=C(O)c1cc(=O)[nH]c(=O)[nH]1.[MgH2]. The van der Waals surface area contributed by atoms with Crippen LogP contribution < -0.4 is 11.2 Å². The molecule has 0 atom stereocenters. The maximum Gasteiger partial charge on any atom is 0.352 e. The standard InChI is InChI=1S/C5H4N2O4.2C4H6O2.Mg.2H/c8-3-1-2(4(9)10)6-5(11)7-3;2*1-3(2)4(5)6;;;/h1H,(H,9,10)(H2,6,7,8,11);2*1H2,2H3,(H,5,6);;;. The maximum atomic E-state index is 10.5. The first-order valence-electron chi connectivity index (χ1n) is 5.73. The zero-order valence-corrected chi connectivity index (χ0v) is 12.4. The highest BCUT2D eigenvalue weighted by Crippen LogP contribution is 1.82. The maximum absolute atomic E-state index is 10.5. The van der Waals surface area contributed by atoms with Gasteiger partial charge in [0.05, 0.1) is 0 Å². The molecule has 0 aliphatic heterocycles. The van der Waals surface area contributed by atoms with Crippen molar-refractivity contribution in [2.45, 2.75) is 13.8 Å². The predicted octanol–water partition coefficient (Wildman–Crippen LogP) is -0.861. The Balaban J connectivity index is -0.000000294. The van der Waals surface area contributed by atoms with Gasteiger partial charge < -0.3 is 20.3 Å². The van der Waals surface area contributed by atoms with Crippen molar-refractivity contribution in [1.29, 1.82) is 0 Å². The summed E-state index contributed by atoms with van der Waals surface area (Å²) in [5, 5.41) is 24.1. The third-order valence-electron chi connectivity index (χ3n) is 1.72. The van der Waals surface area contributed by atoms with E-state index in [1.807, 2.05) is 9.97 Å². The minimum Gasteiger partial charge on any atom is -0.478 e. The third kappa shape index (κ3) is 14.3. The molecular weight excluding hydrogens is 336 g/mol. The van der Waals surface area contributed by atoms with E-state index in [2.05, 4.69) is 13.2 Å². The van der Waals surface area contributed by atoms with Crippen molar-refractivity contribution in [2.75, 3.05) is 0 Å². The summed E-state index contributed by atoms with van der Waals surface area (Å²) < 4.78 is 0. The van der Waals surface area contributed by atoms with Crippen LogP contribution in [0.5, 0.6) is 0 Å². The van der Waals surface area contributed by atoms with Crippen LogP contribution in [0.4, 0.5) is 0 Å². The summed E-state index contributed by atoms with van der Waals surface area (Å²) in [6, 6.07) is 0.795. The van der Waals surface area contributed by atoms with Gasteiger partial charge in [0, 0.05) is 17.2 Å². The van der Waals surface area contributed by atoms with Gasteiger partial charge in [-0.2, -0.15) is 0 Å². The molecule has 1 aromatic rings. The summed E-state index contributed by atoms with van der Waals surface area (Å²) >= 11 is 0. The number of carbonyl (C=O) groups is 3. The van der Waals surface area contributed by atoms with Crippen LogP contribution in [-0.4, -0.2) is 66.2 Å². The Bertz CT molecular complexity index is 656. The molecule has 0 amide bonds. The van der Waals surface area contributed by atoms with Gasteiger partial charge in [-0.25, -0.2) is 19.2 Å². The second-order valence-electron chi connectivity index (χ2n) is 3.98. The minimum atomic E-state index is -1.34. The normalized spacial score (nSPS) is 8.08. The average Bonchev–Trinajstić information content (AvgIpc) is 2.38. The van der Waals surface area contributed by atoms with E-state index in [0.717, 1.165) is 6.07 Å². The molecule has 0 aliphatic rings. The van der Waals surface area contributed by atoms with Gasteiger partial charge in [-0.05, 0) is 13.8 Å². The highest BCUT2D eigenvalue weighted by molar-refractivity contribution is 5.85. The predicted molar refractivity (Wildman–Crippen MR) is 88.1 cm³/mol. The van der Waals surface area contributed by atoms with Gasteiger partial charge in [-0.15, -0.1) is 0 Å². The Morgan fingerprint density at radius 3 is 1.46 bits per heavy atom. The van der Waals surface area contributed by atoms with Crippen molar-refractivity contribution in [3.8, 4) is 0 Å². The number of aromatic amines is 2. The van der Waals surface area contributed by atoms with E-state index in [0.29, 0.717) is 0 Å². The van der Waals surface area contributed by atoms with Crippen LogP contribution in [0.3, 0.4) is 0 Å². The fraction of sp³-hybridized carbons (Fsp3) is 0.154. The van der Waals surface area contributed by atoms with Crippen molar-refractivity contribution in [2.24, 2.45) is 0 Å². The minimum absolute atomic E-state index is 0. The number of hydrogen-bond donors (Lipinski definition) is 5. The zero-order chi connectivity index (χ0) is 18.7. The Morgan fingerprint density at radius 2 is 1.25 bits per heavy atom. The molecular formula is C13H18MgN2O8. The molecule has 0 unspecified atom stereocenters. The van der Waals surface area contributed by atoms with Crippen LogP contribution >= 0.6 is 0 Å². The van der Waals surface area contributed by atoms with Crippen LogP contribution in [0, 0.1) is 0 Å². The summed E-state index contributed by atoms with van der Waals surface area (Å²) in [6.45, 7) is 9.20. The number of aromatic nitrogens is 2. The van der Waals surface area contributed by atoms with E-state index in [1.165, 1.54) is 13.8 Å². The van der Waals surface area contributed by atoms with Gasteiger partial charge in [0.1, 0.15) is 5.69 Å². The Morgan fingerprint density at radius 1 is 0.917 bits per heavy atom. The van der Waals surface area contributed by atoms with Crippen molar-refractivity contribution < 1.29 is 29.7 Å². The molecule has 0 aliphatic carbocycles. The summed E-state index contributed by atoms with van der Waals surface area (Å²) in [5.41, 5.74) is -1.62. The molecule has 24 heavy (non-hydrogen) atoms.